The van der Waals surface area contributed by atoms with Gasteiger partial charge < -0.3 is 10.2 Å². The molecule has 78 valence electrons. The van der Waals surface area contributed by atoms with Crippen molar-refractivity contribution >= 4 is 6.03 Å². The maximum atomic E-state index is 11.6. The van der Waals surface area contributed by atoms with Gasteiger partial charge in [0.05, 0.1) is 0 Å². The van der Waals surface area contributed by atoms with E-state index in [1.165, 1.54) is 0 Å². The summed E-state index contributed by atoms with van der Waals surface area (Å²) in [5.74, 6) is 0. The minimum absolute atomic E-state index is 0.0278. The van der Waals surface area contributed by atoms with E-state index >= 15 is 0 Å². The molecule has 1 N–H and O–H groups in total. The molecule has 0 spiro atoms. The first-order chi connectivity index (χ1) is 5.60. The molecule has 0 unspecified atom stereocenters. The largest absolute Gasteiger partial charge is 0.341 e. The standard InChI is InChI=1S/C10H22N2O/c1-9(2,3)12(8(13)11-7)10(4,5)6/h1-7H3,(H,11,13). The van der Waals surface area contributed by atoms with Crippen LogP contribution in [0.4, 0.5) is 4.79 Å². The minimum Gasteiger partial charge on any atom is -0.341 e. The molecule has 0 aliphatic carbocycles. The van der Waals surface area contributed by atoms with Crippen LogP contribution >= 0.6 is 0 Å². The van der Waals surface area contributed by atoms with Crippen molar-refractivity contribution in [2.45, 2.75) is 52.6 Å². The van der Waals surface area contributed by atoms with Crippen LogP contribution in [-0.2, 0) is 0 Å². The van der Waals surface area contributed by atoms with Crippen LogP contribution < -0.4 is 5.32 Å². The first-order valence-corrected chi connectivity index (χ1v) is 4.62. The van der Waals surface area contributed by atoms with E-state index in [9.17, 15) is 4.79 Å². The Morgan fingerprint density at radius 2 is 1.31 bits per heavy atom. The van der Waals surface area contributed by atoms with E-state index in [-0.39, 0.29) is 17.1 Å². The van der Waals surface area contributed by atoms with E-state index in [0.717, 1.165) is 0 Å². The summed E-state index contributed by atoms with van der Waals surface area (Å²) in [4.78, 5) is 13.5. The minimum atomic E-state index is -0.154. The smallest absolute Gasteiger partial charge is 0.318 e. The van der Waals surface area contributed by atoms with Crippen LogP contribution in [0, 0.1) is 0 Å². The zero-order valence-electron chi connectivity index (χ0n) is 9.86. The lowest BCUT2D eigenvalue weighted by molar-refractivity contribution is 0.0752. The molecule has 0 aromatic heterocycles. The highest BCUT2D eigenvalue weighted by atomic mass is 16.2. The zero-order chi connectivity index (χ0) is 10.9. The van der Waals surface area contributed by atoms with Gasteiger partial charge in [0.25, 0.3) is 0 Å². The highest BCUT2D eigenvalue weighted by Crippen LogP contribution is 2.24. The Morgan fingerprint density at radius 1 is 1.00 bits per heavy atom. The van der Waals surface area contributed by atoms with Crippen LogP contribution in [0.15, 0.2) is 0 Å². The fourth-order valence-electron chi connectivity index (χ4n) is 1.73. The van der Waals surface area contributed by atoms with Crippen LogP contribution in [0.25, 0.3) is 0 Å². The van der Waals surface area contributed by atoms with Crippen molar-refractivity contribution in [1.82, 2.24) is 10.2 Å². The number of nitrogens with zero attached hydrogens (tertiary/aromatic N) is 1. The summed E-state index contributed by atoms with van der Waals surface area (Å²) in [6.45, 7) is 12.2. The number of nitrogens with one attached hydrogen (secondary N) is 1. The van der Waals surface area contributed by atoms with E-state index in [4.69, 9.17) is 0 Å². The number of carbonyl (C=O) groups is 1. The van der Waals surface area contributed by atoms with Crippen molar-refractivity contribution in [3.63, 3.8) is 0 Å². The molecule has 13 heavy (non-hydrogen) atoms. The topological polar surface area (TPSA) is 32.3 Å². The average molecular weight is 186 g/mol. The molecule has 3 heteroatoms. The van der Waals surface area contributed by atoms with E-state index < -0.39 is 0 Å². The predicted molar refractivity (Wildman–Crippen MR) is 55.8 cm³/mol. The molecule has 0 aliphatic heterocycles. The number of amides is 2. The molecule has 0 atom stereocenters. The lowest BCUT2D eigenvalue weighted by Crippen LogP contribution is -2.58. The van der Waals surface area contributed by atoms with Gasteiger partial charge in [0.1, 0.15) is 0 Å². The molecule has 3 nitrogen and oxygen atoms in total. The van der Waals surface area contributed by atoms with Crippen molar-refractivity contribution in [2.75, 3.05) is 7.05 Å². The summed E-state index contributed by atoms with van der Waals surface area (Å²) in [5, 5.41) is 2.67. The Kier molecular flexibility index (Phi) is 3.36. The van der Waals surface area contributed by atoms with Gasteiger partial charge >= 0.3 is 6.03 Å². The molecule has 0 bridgehead atoms. The van der Waals surface area contributed by atoms with Crippen LogP contribution in [0.1, 0.15) is 41.5 Å². The quantitative estimate of drug-likeness (QED) is 0.618. The fraction of sp³-hybridized carbons (Fsp3) is 0.900. The molecule has 0 saturated carbocycles. The second-order valence-corrected chi connectivity index (χ2v) is 5.23. The van der Waals surface area contributed by atoms with Crippen molar-refractivity contribution < 1.29 is 4.79 Å². The van der Waals surface area contributed by atoms with Crippen LogP contribution in [-0.4, -0.2) is 29.1 Å². The molecule has 0 aliphatic rings. The van der Waals surface area contributed by atoms with Gasteiger partial charge in [-0.05, 0) is 41.5 Å². The van der Waals surface area contributed by atoms with Gasteiger partial charge in [0, 0.05) is 18.1 Å². The SMILES string of the molecule is CNC(=O)N(C(C)(C)C)C(C)(C)C. The first-order valence-electron chi connectivity index (χ1n) is 4.62. The second kappa shape index (κ2) is 3.56. The molecule has 0 radical (unpaired) electrons. The van der Waals surface area contributed by atoms with E-state index in [0.29, 0.717) is 0 Å². The van der Waals surface area contributed by atoms with Crippen LogP contribution in [0.3, 0.4) is 0 Å². The Labute approximate surface area is 81.5 Å². The first kappa shape index (κ1) is 12.3. The molecule has 0 heterocycles. The van der Waals surface area contributed by atoms with Crippen LogP contribution in [0.5, 0.6) is 0 Å². The van der Waals surface area contributed by atoms with Crippen molar-refractivity contribution in [1.29, 1.82) is 0 Å². The molecule has 0 rings (SSSR count). The van der Waals surface area contributed by atoms with Crippen LogP contribution in [0.2, 0.25) is 0 Å². The van der Waals surface area contributed by atoms with Gasteiger partial charge in [-0.1, -0.05) is 0 Å². The zero-order valence-corrected chi connectivity index (χ0v) is 9.86. The van der Waals surface area contributed by atoms with E-state index in [2.05, 4.69) is 5.32 Å². The normalized spacial score (nSPS) is 12.5. The number of rotatable bonds is 0. The van der Waals surface area contributed by atoms with Crippen molar-refractivity contribution in [3.8, 4) is 0 Å². The number of urea groups is 1. The third-order valence-corrected chi connectivity index (χ3v) is 1.76. The average Bonchev–Trinajstić information content (AvgIpc) is 1.80. The van der Waals surface area contributed by atoms with Gasteiger partial charge in [0.15, 0.2) is 0 Å². The molecule has 0 fully saturated rings. The summed E-state index contributed by atoms with van der Waals surface area (Å²) in [6, 6.07) is -0.0278. The maximum Gasteiger partial charge on any atom is 0.318 e. The summed E-state index contributed by atoms with van der Waals surface area (Å²) in [7, 11) is 1.66. The summed E-state index contributed by atoms with van der Waals surface area (Å²) >= 11 is 0. The number of hydrogen-bond acceptors (Lipinski definition) is 1. The Morgan fingerprint density at radius 3 is 1.38 bits per heavy atom. The van der Waals surface area contributed by atoms with Crippen molar-refractivity contribution in [3.05, 3.63) is 0 Å². The summed E-state index contributed by atoms with van der Waals surface area (Å²) < 4.78 is 0. The number of carbonyl (C=O) groups excluding carboxylic acids is 1. The molecule has 2 amide bonds. The molecule has 0 aromatic rings. The van der Waals surface area contributed by atoms with Gasteiger partial charge in [-0.2, -0.15) is 0 Å². The molecular formula is C10H22N2O. The van der Waals surface area contributed by atoms with E-state index in [1.54, 1.807) is 7.05 Å². The van der Waals surface area contributed by atoms with Gasteiger partial charge in [-0.25, -0.2) is 4.79 Å². The third-order valence-electron chi connectivity index (χ3n) is 1.76. The maximum absolute atomic E-state index is 11.6. The third kappa shape index (κ3) is 3.25. The molecular weight excluding hydrogens is 164 g/mol. The highest BCUT2D eigenvalue weighted by Gasteiger charge is 2.34. The van der Waals surface area contributed by atoms with Gasteiger partial charge in [-0.15, -0.1) is 0 Å². The highest BCUT2D eigenvalue weighted by molar-refractivity contribution is 5.75. The Bertz CT molecular complexity index is 172. The monoisotopic (exact) mass is 186 g/mol. The van der Waals surface area contributed by atoms with Gasteiger partial charge in [-0.3, -0.25) is 0 Å². The lowest BCUT2D eigenvalue weighted by atomic mass is 9.97. The fourth-order valence-corrected chi connectivity index (χ4v) is 1.73. The van der Waals surface area contributed by atoms with Crippen molar-refractivity contribution in [2.24, 2.45) is 0 Å². The summed E-state index contributed by atoms with van der Waals surface area (Å²) in [5.41, 5.74) is -0.309. The number of hydrogen-bond donors (Lipinski definition) is 1. The second-order valence-electron chi connectivity index (χ2n) is 5.23. The molecule has 0 aromatic carbocycles. The van der Waals surface area contributed by atoms with Gasteiger partial charge in [0.2, 0.25) is 0 Å². The predicted octanol–water partition coefficient (Wildman–Crippen LogP) is 2.22. The Hall–Kier alpha value is -0.730. The summed E-state index contributed by atoms with van der Waals surface area (Å²) in [6.07, 6.45) is 0. The van der Waals surface area contributed by atoms with E-state index in [1.807, 2.05) is 46.4 Å². The lowest BCUT2D eigenvalue weighted by Gasteiger charge is -2.44. The Balaban J connectivity index is 4.89. The molecule has 0 saturated heterocycles.